The Hall–Kier alpha value is -1.97. The molecule has 2 rings (SSSR count). The highest BCUT2D eigenvalue weighted by Gasteiger charge is 2.19. The number of rotatable bonds is 4. The van der Waals surface area contributed by atoms with Crippen LogP contribution in [-0.2, 0) is 4.79 Å². The lowest BCUT2D eigenvalue weighted by Crippen LogP contribution is -2.04. The van der Waals surface area contributed by atoms with Crippen LogP contribution in [0.4, 0.5) is 0 Å². The van der Waals surface area contributed by atoms with Crippen molar-refractivity contribution in [3.8, 4) is 5.75 Å². The molecule has 0 spiro atoms. The van der Waals surface area contributed by atoms with Crippen molar-refractivity contribution in [2.75, 3.05) is 7.11 Å². The van der Waals surface area contributed by atoms with Gasteiger partial charge in [-0.1, -0.05) is 13.0 Å². The van der Waals surface area contributed by atoms with Gasteiger partial charge in [0.15, 0.2) is 0 Å². The molecule has 0 saturated carbocycles. The van der Waals surface area contributed by atoms with Gasteiger partial charge in [-0.3, -0.25) is 4.79 Å². The molecule has 2 aromatic rings. The molecular formula is C14H17NO3. The number of aromatic nitrogens is 1. The lowest BCUT2D eigenvalue weighted by Gasteiger charge is -2.11. The first-order chi connectivity index (χ1) is 8.54. The van der Waals surface area contributed by atoms with Gasteiger partial charge in [0.2, 0.25) is 0 Å². The Bertz CT molecular complexity index is 586. The summed E-state index contributed by atoms with van der Waals surface area (Å²) >= 11 is 0. The molecular weight excluding hydrogens is 230 g/mol. The quantitative estimate of drug-likeness (QED) is 0.872. The first-order valence-electron chi connectivity index (χ1n) is 5.91. The van der Waals surface area contributed by atoms with Crippen molar-refractivity contribution in [1.82, 2.24) is 4.98 Å². The van der Waals surface area contributed by atoms with Gasteiger partial charge >= 0.3 is 5.97 Å². The summed E-state index contributed by atoms with van der Waals surface area (Å²) in [5.41, 5.74) is 3.02. The number of benzene rings is 1. The molecule has 0 radical (unpaired) electrons. The number of hydrogen-bond donors (Lipinski definition) is 2. The van der Waals surface area contributed by atoms with E-state index in [-0.39, 0.29) is 12.3 Å². The summed E-state index contributed by atoms with van der Waals surface area (Å²) in [6, 6.07) is 5.79. The zero-order chi connectivity index (χ0) is 13.3. The van der Waals surface area contributed by atoms with Crippen LogP contribution < -0.4 is 4.74 Å². The number of ether oxygens (including phenoxy) is 1. The summed E-state index contributed by atoms with van der Waals surface area (Å²) in [6.07, 6.45) is 0.117. The molecule has 18 heavy (non-hydrogen) atoms. The molecule has 0 aliphatic carbocycles. The first kappa shape index (κ1) is 12.5. The summed E-state index contributed by atoms with van der Waals surface area (Å²) < 4.78 is 5.37. The van der Waals surface area contributed by atoms with Crippen LogP contribution in [0.1, 0.15) is 30.5 Å². The van der Waals surface area contributed by atoms with Gasteiger partial charge in [0, 0.05) is 16.6 Å². The third-order valence-corrected chi connectivity index (χ3v) is 3.22. The fraction of sp³-hybridized carbons (Fsp3) is 0.357. The van der Waals surface area contributed by atoms with Gasteiger partial charge in [0.1, 0.15) is 5.75 Å². The molecule has 2 N–H and O–H groups in total. The van der Waals surface area contributed by atoms with Gasteiger partial charge in [-0.15, -0.1) is 0 Å². The number of H-pyrrole nitrogens is 1. The van der Waals surface area contributed by atoms with Crippen molar-refractivity contribution in [1.29, 1.82) is 0 Å². The molecule has 0 amide bonds. The molecule has 1 aromatic heterocycles. The molecule has 4 nitrogen and oxygen atoms in total. The Morgan fingerprint density at radius 2 is 2.22 bits per heavy atom. The highest BCUT2D eigenvalue weighted by Crippen LogP contribution is 2.36. The molecule has 1 aromatic carbocycles. The summed E-state index contributed by atoms with van der Waals surface area (Å²) in [7, 11) is 1.63. The second-order valence-corrected chi connectivity index (χ2v) is 4.55. The number of fused-ring (bicyclic) bond motifs is 1. The predicted molar refractivity (Wildman–Crippen MR) is 70.3 cm³/mol. The maximum Gasteiger partial charge on any atom is 0.303 e. The van der Waals surface area contributed by atoms with E-state index in [1.54, 1.807) is 7.11 Å². The highest BCUT2D eigenvalue weighted by molar-refractivity contribution is 5.91. The van der Waals surface area contributed by atoms with Gasteiger partial charge in [-0.25, -0.2) is 0 Å². The van der Waals surface area contributed by atoms with Gasteiger partial charge < -0.3 is 14.8 Å². The first-order valence-corrected chi connectivity index (χ1v) is 5.91. The fourth-order valence-electron chi connectivity index (χ4n) is 2.52. The number of methoxy groups -OCH3 is 1. The van der Waals surface area contributed by atoms with E-state index in [2.05, 4.69) is 4.98 Å². The van der Waals surface area contributed by atoms with Crippen molar-refractivity contribution >= 4 is 16.9 Å². The largest absolute Gasteiger partial charge is 0.496 e. The lowest BCUT2D eigenvalue weighted by molar-refractivity contribution is -0.137. The van der Waals surface area contributed by atoms with E-state index in [1.807, 2.05) is 32.0 Å². The second kappa shape index (κ2) is 4.72. The van der Waals surface area contributed by atoms with Crippen LogP contribution >= 0.6 is 0 Å². The Labute approximate surface area is 106 Å². The monoisotopic (exact) mass is 247 g/mol. The van der Waals surface area contributed by atoms with Crippen molar-refractivity contribution in [2.45, 2.75) is 26.2 Å². The van der Waals surface area contributed by atoms with Crippen molar-refractivity contribution in [3.05, 3.63) is 29.5 Å². The van der Waals surface area contributed by atoms with Crippen LogP contribution in [0, 0.1) is 6.92 Å². The Morgan fingerprint density at radius 3 is 2.83 bits per heavy atom. The SMILES string of the molecule is COc1cccc2[nH]c(C)c(C(C)CC(=O)O)c12. The molecule has 1 unspecified atom stereocenters. The van der Waals surface area contributed by atoms with E-state index < -0.39 is 5.97 Å². The van der Waals surface area contributed by atoms with Gasteiger partial charge in [0.05, 0.1) is 13.5 Å². The Kier molecular flexibility index (Phi) is 3.28. The number of carboxylic acid groups (broad SMARTS) is 1. The molecule has 96 valence electrons. The summed E-state index contributed by atoms with van der Waals surface area (Å²) in [5.74, 6) is -0.0530. The van der Waals surface area contributed by atoms with Crippen LogP contribution in [0.3, 0.4) is 0 Å². The van der Waals surface area contributed by atoms with Gasteiger partial charge in [0.25, 0.3) is 0 Å². The van der Waals surface area contributed by atoms with E-state index in [0.29, 0.717) is 0 Å². The molecule has 1 heterocycles. The van der Waals surface area contributed by atoms with Crippen LogP contribution in [0.15, 0.2) is 18.2 Å². The molecule has 0 aliphatic rings. The van der Waals surface area contributed by atoms with Gasteiger partial charge in [-0.05, 0) is 30.5 Å². The highest BCUT2D eigenvalue weighted by atomic mass is 16.5. The summed E-state index contributed by atoms with van der Waals surface area (Å²) in [6.45, 7) is 3.89. The van der Waals surface area contributed by atoms with E-state index >= 15 is 0 Å². The number of aliphatic carboxylic acids is 1. The standard InChI is InChI=1S/C14H17NO3/c1-8(7-12(16)17)13-9(2)15-10-5-4-6-11(18-3)14(10)13/h4-6,8,15H,7H2,1-3H3,(H,16,17). The van der Waals surface area contributed by atoms with Crippen LogP contribution in [0.5, 0.6) is 5.75 Å². The number of aromatic amines is 1. The Balaban J connectivity index is 2.61. The predicted octanol–water partition coefficient (Wildman–Crippen LogP) is 3.06. The Morgan fingerprint density at radius 1 is 1.50 bits per heavy atom. The minimum Gasteiger partial charge on any atom is -0.496 e. The van der Waals surface area contributed by atoms with Crippen LogP contribution in [-0.4, -0.2) is 23.2 Å². The average Bonchev–Trinajstić information content (AvgIpc) is 2.63. The van der Waals surface area contributed by atoms with Crippen molar-refractivity contribution in [2.24, 2.45) is 0 Å². The maximum atomic E-state index is 10.9. The molecule has 0 bridgehead atoms. The average molecular weight is 247 g/mol. The third kappa shape index (κ3) is 2.06. The normalized spacial score (nSPS) is 12.6. The second-order valence-electron chi connectivity index (χ2n) is 4.55. The summed E-state index contributed by atoms with van der Waals surface area (Å²) in [5, 5.41) is 9.92. The van der Waals surface area contributed by atoms with Crippen molar-refractivity contribution in [3.63, 3.8) is 0 Å². The van der Waals surface area contributed by atoms with Gasteiger partial charge in [-0.2, -0.15) is 0 Å². The number of aryl methyl sites for hydroxylation is 1. The fourth-order valence-corrected chi connectivity index (χ4v) is 2.52. The molecule has 0 saturated heterocycles. The van der Waals surface area contributed by atoms with Crippen LogP contribution in [0.25, 0.3) is 10.9 Å². The lowest BCUT2D eigenvalue weighted by atomic mass is 9.94. The van der Waals surface area contributed by atoms with E-state index in [0.717, 1.165) is 27.9 Å². The van der Waals surface area contributed by atoms with E-state index in [9.17, 15) is 4.79 Å². The van der Waals surface area contributed by atoms with E-state index in [4.69, 9.17) is 9.84 Å². The number of carboxylic acids is 1. The molecule has 4 heteroatoms. The summed E-state index contributed by atoms with van der Waals surface area (Å²) in [4.78, 5) is 14.1. The minimum atomic E-state index is -0.786. The number of nitrogens with one attached hydrogen (secondary N) is 1. The molecule has 0 aliphatic heterocycles. The van der Waals surface area contributed by atoms with Crippen molar-refractivity contribution < 1.29 is 14.6 Å². The smallest absolute Gasteiger partial charge is 0.303 e. The minimum absolute atomic E-state index is 0.0486. The zero-order valence-electron chi connectivity index (χ0n) is 10.8. The maximum absolute atomic E-state index is 10.9. The van der Waals surface area contributed by atoms with Crippen LogP contribution in [0.2, 0.25) is 0 Å². The number of carbonyl (C=O) groups is 1. The third-order valence-electron chi connectivity index (χ3n) is 3.22. The number of hydrogen-bond acceptors (Lipinski definition) is 2. The zero-order valence-corrected chi connectivity index (χ0v) is 10.8. The molecule has 0 fully saturated rings. The van der Waals surface area contributed by atoms with E-state index in [1.165, 1.54) is 0 Å². The topological polar surface area (TPSA) is 62.3 Å². The molecule has 1 atom stereocenters.